The topological polar surface area (TPSA) is 53.6 Å². The first-order chi connectivity index (χ1) is 7.47. The molecule has 0 aliphatic heterocycles. The van der Waals surface area contributed by atoms with E-state index in [0.717, 1.165) is 24.4 Å². The molecule has 0 amide bonds. The van der Waals surface area contributed by atoms with Crippen molar-refractivity contribution < 1.29 is 0 Å². The molecule has 0 fully saturated rings. The SMILES string of the molecule is CCC(C)(CC)Nc1c(C#N)c(C)nn1C. The van der Waals surface area contributed by atoms with Gasteiger partial charge in [0.1, 0.15) is 17.5 Å². The average Bonchev–Trinajstić information content (AvgIpc) is 2.53. The summed E-state index contributed by atoms with van der Waals surface area (Å²) in [5.41, 5.74) is 1.45. The number of nitrogens with zero attached hydrogens (tertiary/aromatic N) is 3. The summed E-state index contributed by atoms with van der Waals surface area (Å²) in [5, 5.41) is 16.8. The zero-order valence-electron chi connectivity index (χ0n) is 10.8. The van der Waals surface area contributed by atoms with Crippen LogP contribution in [0.15, 0.2) is 0 Å². The highest BCUT2D eigenvalue weighted by atomic mass is 15.3. The smallest absolute Gasteiger partial charge is 0.142 e. The van der Waals surface area contributed by atoms with E-state index in [2.05, 4.69) is 37.3 Å². The van der Waals surface area contributed by atoms with E-state index in [4.69, 9.17) is 5.26 Å². The van der Waals surface area contributed by atoms with Gasteiger partial charge in [-0.2, -0.15) is 10.4 Å². The van der Waals surface area contributed by atoms with E-state index < -0.39 is 0 Å². The van der Waals surface area contributed by atoms with Crippen molar-refractivity contribution in [1.29, 1.82) is 5.26 Å². The molecule has 0 bridgehead atoms. The molecule has 0 aliphatic rings. The second-order valence-electron chi connectivity index (χ2n) is 4.44. The number of anilines is 1. The molecule has 0 aliphatic carbocycles. The Labute approximate surface area is 97.3 Å². The van der Waals surface area contributed by atoms with Gasteiger partial charge in [-0.15, -0.1) is 0 Å². The largest absolute Gasteiger partial charge is 0.364 e. The third kappa shape index (κ3) is 2.19. The first-order valence-corrected chi connectivity index (χ1v) is 5.69. The number of aryl methyl sites for hydroxylation is 2. The summed E-state index contributed by atoms with van der Waals surface area (Å²) in [6, 6.07) is 2.21. The maximum atomic E-state index is 9.11. The van der Waals surface area contributed by atoms with E-state index in [9.17, 15) is 0 Å². The Bertz CT molecular complexity index is 407. The maximum absolute atomic E-state index is 9.11. The minimum absolute atomic E-state index is 0.0197. The van der Waals surface area contributed by atoms with Crippen LogP contribution in [0.2, 0.25) is 0 Å². The van der Waals surface area contributed by atoms with Gasteiger partial charge in [0, 0.05) is 12.6 Å². The van der Waals surface area contributed by atoms with Gasteiger partial charge in [0.2, 0.25) is 0 Å². The highest BCUT2D eigenvalue weighted by Gasteiger charge is 2.23. The molecular formula is C12H20N4. The third-order valence-corrected chi connectivity index (χ3v) is 3.31. The molecule has 1 aromatic rings. The van der Waals surface area contributed by atoms with Crippen LogP contribution >= 0.6 is 0 Å². The number of nitrogens with one attached hydrogen (secondary N) is 1. The van der Waals surface area contributed by atoms with Crippen LogP contribution in [0.3, 0.4) is 0 Å². The first kappa shape index (κ1) is 12.6. The summed E-state index contributed by atoms with van der Waals surface area (Å²) in [6.45, 7) is 8.31. The monoisotopic (exact) mass is 220 g/mol. The lowest BCUT2D eigenvalue weighted by Crippen LogP contribution is -2.34. The van der Waals surface area contributed by atoms with Crippen molar-refractivity contribution in [1.82, 2.24) is 9.78 Å². The van der Waals surface area contributed by atoms with Crippen LogP contribution in [0.1, 0.15) is 44.9 Å². The molecule has 1 aromatic heterocycles. The lowest BCUT2D eigenvalue weighted by Gasteiger charge is -2.29. The van der Waals surface area contributed by atoms with Crippen molar-refractivity contribution in [2.75, 3.05) is 5.32 Å². The van der Waals surface area contributed by atoms with Gasteiger partial charge >= 0.3 is 0 Å². The Balaban J connectivity index is 3.11. The molecule has 0 atom stereocenters. The normalized spacial score (nSPS) is 11.2. The van der Waals surface area contributed by atoms with Gasteiger partial charge in [-0.25, -0.2) is 0 Å². The van der Waals surface area contributed by atoms with Gasteiger partial charge < -0.3 is 5.32 Å². The fraction of sp³-hybridized carbons (Fsp3) is 0.667. The van der Waals surface area contributed by atoms with Crippen molar-refractivity contribution in [3.05, 3.63) is 11.3 Å². The second-order valence-corrected chi connectivity index (χ2v) is 4.44. The number of nitriles is 1. The third-order valence-electron chi connectivity index (χ3n) is 3.31. The van der Waals surface area contributed by atoms with Crippen LogP contribution in [-0.4, -0.2) is 15.3 Å². The molecule has 1 N–H and O–H groups in total. The summed E-state index contributed by atoms with van der Waals surface area (Å²) < 4.78 is 1.75. The summed E-state index contributed by atoms with van der Waals surface area (Å²) in [7, 11) is 1.86. The quantitative estimate of drug-likeness (QED) is 0.848. The highest BCUT2D eigenvalue weighted by molar-refractivity contribution is 5.56. The van der Waals surface area contributed by atoms with E-state index in [1.807, 2.05) is 14.0 Å². The standard InChI is InChI=1S/C12H20N4/c1-6-12(4,7-2)14-11-10(8-13)9(3)15-16(11)5/h14H,6-7H2,1-5H3. The molecule has 0 spiro atoms. The van der Waals surface area contributed by atoms with Crippen LogP contribution in [-0.2, 0) is 7.05 Å². The Morgan fingerprint density at radius 3 is 2.44 bits per heavy atom. The summed E-state index contributed by atoms with van der Waals surface area (Å²) >= 11 is 0. The van der Waals surface area contributed by atoms with E-state index >= 15 is 0 Å². The van der Waals surface area contributed by atoms with E-state index in [1.165, 1.54) is 0 Å². The van der Waals surface area contributed by atoms with Crippen LogP contribution in [0.4, 0.5) is 5.82 Å². The predicted molar refractivity (Wildman–Crippen MR) is 65.3 cm³/mol. The van der Waals surface area contributed by atoms with Gasteiger partial charge in [0.15, 0.2) is 0 Å². The van der Waals surface area contributed by atoms with Gasteiger partial charge in [0.05, 0.1) is 5.69 Å². The Hall–Kier alpha value is -1.50. The Kier molecular flexibility index (Phi) is 3.58. The van der Waals surface area contributed by atoms with Crippen LogP contribution in [0, 0.1) is 18.3 Å². The van der Waals surface area contributed by atoms with Crippen molar-refractivity contribution in [3.63, 3.8) is 0 Å². The van der Waals surface area contributed by atoms with E-state index in [1.54, 1.807) is 4.68 Å². The molecule has 4 nitrogen and oxygen atoms in total. The molecule has 0 saturated heterocycles. The lowest BCUT2D eigenvalue weighted by molar-refractivity contribution is 0.473. The van der Waals surface area contributed by atoms with Gasteiger partial charge in [-0.3, -0.25) is 4.68 Å². The summed E-state index contributed by atoms with van der Waals surface area (Å²) in [5.74, 6) is 0.825. The van der Waals surface area contributed by atoms with Crippen LogP contribution in [0.5, 0.6) is 0 Å². The van der Waals surface area contributed by atoms with Crippen LogP contribution < -0.4 is 5.32 Å². The molecule has 1 rings (SSSR count). The second kappa shape index (κ2) is 4.56. The molecule has 16 heavy (non-hydrogen) atoms. The Morgan fingerprint density at radius 2 is 2.00 bits per heavy atom. The van der Waals surface area contributed by atoms with E-state index in [-0.39, 0.29) is 5.54 Å². The summed E-state index contributed by atoms with van der Waals surface area (Å²) in [6.07, 6.45) is 2.02. The molecule has 0 aromatic carbocycles. The lowest BCUT2D eigenvalue weighted by atomic mass is 9.95. The predicted octanol–water partition coefficient (Wildman–Crippen LogP) is 2.59. The minimum atomic E-state index is 0.0197. The molecule has 0 radical (unpaired) electrons. The van der Waals surface area contributed by atoms with Crippen molar-refractivity contribution in [2.45, 2.75) is 46.1 Å². The van der Waals surface area contributed by atoms with Gasteiger partial charge in [-0.1, -0.05) is 13.8 Å². The molecule has 4 heteroatoms. The van der Waals surface area contributed by atoms with E-state index in [0.29, 0.717) is 5.56 Å². The molecule has 0 unspecified atom stereocenters. The van der Waals surface area contributed by atoms with Crippen molar-refractivity contribution in [2.24, 2.45) is 7.05 Å². The number of aromatic nitrogens is 2. The fourth-order valence-electron chi connectivity index (χ4n) is 1.65. The highest BCUT2D eigenvalue weighted by Crippen LogP contribution is 2.25. The average molecular weight is 220 g/mol. The minimum Gasteiger partial charge on any atom is -0.364 e. The molecule has 0 saturated carbocycles. The summed E-state index contributed by atoms with van der Waals surface area (Å²) in [4.78, 5) is 0. The van der Waals surface area contributed by atoms with Crippen LogP contribution in [0.25, 0.3) is 0 Å². The molecule has 1 heterocycles. The van der Waals surface area contributed by atoms with Crippen molar-refractivity contribution in [3.8, 4) is 6.07 Å². The number of hydrogen-bond donors (Lipinski definition) is 1. The molecule has 88 valence electrons. The van der Waals surface area contributed by atoms with Crippen molar-refractivity contribution >= 4 is 5.82 Å². The Morgan fingerprint density at radius 1 is 1.44 bits per heavy atom. The number of rotatable bonds is 4. The fourth-order valence-corrected chi connectivity index (χ4v) is 1.65. The maximum Gasteiger partial charge on any atom is 0.142 e. The van der Waals surface area contributed by atoms with Gasteiger partial charge in [0.25, 0.3) is 0 Å². The first-order valence-electron chi connectivity index (χ1n) is 5.69. The van der Waals surface area contributed by atoms with Gasteiger partial charge in [-0.05, 0) is 26.7 Å². The zero-order chi connectivity index (χ0) is 12.3. The number of hydrogen-bond acceptors (Lipinski definition) is 3. The zero-order valence-corrected chi connectivity index (χ0v) is 10.8. The molecular weight excluding hydrogens is 200 g/mol.